The van der Waals surface area contributed by atoms with E-state index in [1.807, 2.05) is 6.92 Å². The molecule has 1 aromatic rings. The molecule has 9 heteroatoms. The zero-order chi connectivity index (χ0) is 14.6. The number of likely N-dealkylation sites (tertiary alicyclic amines) is 1. The van der Waals surface area contributed by atoms with Crippen LogP contribution in [-0.4, -0.2) is 35.5 Å². The predicted molar refractivity (Wildman–Crippen MR) is 88.2 cm³/mol. The second-order valence-corrected chi connectivity index (χ2v) is 5.43. The van der Waals surface area contributed by atoms with Crippen LogP contribution in [-0.2, 0) is 12.7 Å². The quantitative estimate of drug-likeness (QED) is 0.451. The lowest BCUT2D eigenvalue weighted by molar-refractivity contribution is -0.140. The minimum absolute atomic E-state index is 0. The van der Waals surface area contributed by atoms with Gasteiger partial charge >= 0.3 is 6.18 Å². The standard InChI is InChI=1S/C12H17F3N4S.HI/c1-2-16-11(19-5-3-4-6-19)17-7-10-18-9(8-20-10)12(13,14)15;/h8H,2-7H2,1H3,(H,16,17);1H. The number of hydrogen-bond donors (Lipinski definition) is 1. The third-order valence-electron chi connectivity index (χ3n) is 2.95. The number of nitrogens with zero attached hydrogens (tertiary/aromatic N) is 3. The summed E-state index contributed by atoms with van der Waals surface area (Å²) in [6, 6.07) is 0. The van der Waals surface area contributed by atoms with Crippen molar-refractivity contribution in [3.63, 3.8) is 0 Å². The topological polar surface area (TPSA) is 40.5 Å². The van der Waals surface area contributed by atoms with Crippen molar-refractivity contribution in [3.05, 3.63) is 16.1 Å². The van der Waals surface area contributed by atoms with Crippen LogP contribution in [0.2, 0.25) is 0 Å². The van der Waals surface area contributed by atoms with Crippen LogP contribution in [0.5, 0.6) is 0 Å². The van der Waals surface area contributed by atoms with Crippen molar-refractivity contribution in [1.29, 1.82) is 0 Å². The van der Waals surface area contributed by atoms with Gasteiger partial charge in [0.2, 0.25) is 0 Å². The molecule has 2 rings (SSSR count). The predicted octanol–water partition coefficient (Wildman–Crippen LogP) is 3.34. The van der Waals surface area contributed by atoms with Gasteiger partial charge in [-0.15, -0.1) is 35.3 Å². The zero-order valence-electron chi connectivity index (χ0n) is 11.6. The summed E-state index contributed by atoms with van der Waals surface area (Å²) in [5.41, 5.74) is -0.834. The highest BCUT2D eigenvalue weighted by Gasteiger charge is 2.33. The second kappa shape index (κ2) is 8.16. The summed E-state index contributed by atoms with van der Waals surface area (Å²) in [4.78, 5) is 10.1. The van der Waals surface area contributed by atoms with Crippen molar-refractivity contribution in [3.8, 4) is 0 Å². The summed E-state index contributed by atoms with van der Waals surface area (Å²) in [5, 5.41) is 4.58. The highest BCUT2D eigenvalue weighted by atomic mass is 127. The molecule has 0 radical (unpaired) electrons. The molecule has 21 heavy (non-hydrogen) atoms. The minimum Gasteiger partial charge on any atom is -0.357 e. The average Bonchev–Trinajstić information content (AvgIpc) is 3.04. The minimum atomic E-state index is -4.38. The third kappa shape index (κ3) is 5.28. The van der Waals surface area contributed by atoms with Crippen LogP contribution in [0, 0.1) is 0 Å². The fourth-order valence-electron chi connectivity index (χ4n) is 2.01. The number of halogens is 4. The number of thiazole rings is 1. The Morgan fingerprint density at radius 1 is 1.43 bits per heavy atom. The summed E-state index contributed by atoms with van der Waals surface area (Å²) >= 11 is 0.995. The Balaban J connectivity index is 0.00000220. The molecule has 0 aliphatic carbocycles. The third-order valence-corrected chi connectivity index (χ3v) is 3.78. The van der Waals surface area contributed by atoms with Gasteiger partial charge in [0.25, 0.3) is 0 Å². The van der Waals surface area contributed by atoms with Crippen LogP contribution >= 0.6 is 35.3 Å². The van der Waals surface area contributed by atoms with Crippen molar-refractivity contribution < 1.29 is 13.2 Å². The zero-order valence-corrected chi connectivity index (χ0v) is 14.8. The molecule has 0 amide bonds. The van der Waals surface area contributed by atoms with Crippen molar-refractivity contribution in [1.82, 2.24) is 15.2 Å². The van der Waals surface area contributed by atoms with E-state index in [1.54, 1.807) is 0 Å². The summed E-state index contributed by atoms with van der Waals surface area (Å²) < 4.78 is 37.4. The number of nitrogens with one attached hydrogen (secondary N) is 1. The Morgan fingerprint density at radius 3 is 2.62 bits per heavy atom. The molecule has 0 atom stereocenters. The Bertz CT molecular complexity index is 469. The smallest absolute Gasteiger partial charge is 0.357 e. The van der Waals surface area contributed by atoms with Gasteiger partial charge in [-0.05, 0) is 19.8 Å². The fourth-order valence-corrected chi connectivity index (χ4v) is 2.74. The summed E-state index contributed by atoms with van der Waals surface area (Å²) in [7, 11) is 0. The molecular weight excluding hydrogens is 416 g/mol. The highest BCUT2D eigenvalue weighted by molar-refractivity contribution is 14.0. The van der Waals surface area contributed by atoms with Gasteiger partial charge in [-0.1, -0.05) is 0 Å². The molecule has 4 nitrogen and oxygen atoms in total. The van der Waals surface area contributed by atoms with Gasteiger partial charge in [0, 0.05) is 25.0 Å². The first-order chi connectivity index (χ1) is 9.50. The maximum atomic E-state index is 12.5. The average molecular weight is 434 g/mol. The Morgan fingerprint density at radius 2 is 2.10 bits per heavy atom. The van der Waals surface area contributed by atoms with Gasteiger partial charge in [0.05, 0.1) is 6.54 Å². The van der Waals surface area contributed by atoms with E-state index in [9.17, 15) is 13.2 Å². The lowest BCUT2D eigenvalue weighted by Gasteiger charge is -2.20. The molecule has 2 heterocycles. The van der Waals surface area contributed by atoms with Crippen LogP contribution < -0.4 is 5.32 Å². The van der Waals surface area contributed by atoms with Gasteiger partial charge < -0.3 is 10.2 Å². The molecule has 0 spiro atoms. The van der Waals surface area contributed by atoms with E-state index in [2.05, 4.69) is 20.2 Å². The number of aliphatic imine (C=N–C) groups is 1. The van der Waals surface area contributed by atoms with Crippen molar-refractivity contribution in [2.45, 2.75) is 32.5 Å². The number of guanidine groups is 1. The summed E-state index contributed by atoms with van der Waals surface area (Å²) in [6.45, 7) is 4.77. The van der Waals surface area contributed by atoms with Crippen LogP contribution in [0.15, 0.2) is 10.4 Å². The van der Waals surface area contributed by atoms with E-state index >= 15 is 0 Å². The molecule has 0 bridgehead atoms. The molecule has 0 saturated carbocycles. The first kappa shape index (κ1) is 18.5. The monoisotopic (exact) mass is 434 g/mol. The summed E-state index contributed by atoms with van der Waals surface area (Å²) in [6.07, 6.45) is -2.13. The molecule has 0 unspecified atom stereocenters. The lowest BCUT2D eigenvalue weighted by atomic mass is 10.4. The SMILES string of the molecule is CCNC(=NCc1nc(C(F)(F)F)cs1)N1CCCC1.I. The Labute approximate surface area is 142 Å². The molecule has 1 aromatic heterocycles. The van der Waals surface area contributed by atoms with Gasteiger partial charge in [-0.3, -0.25) is 0 Å². The number of hydrogen-bond acceptors (Lipinski definition) is 3. The van der Waals surface area contributed by atoms with Crippen molar-refractivity contribution in [2.24, 2.45) is 4.99 Å². The molecule has 1 fully saturated rings. The molecule has 120 valence electrons. The normalized spacial score (nSPS) is 16.0. The molecule has 1 N–H and O–H groups in total. The first-order valence-electron chi connectivity index (χ1n) is 6.55. The number of rotatable bonds is 3. The van der Waals surface area contributed by atoms with Gasteiger partial charge in [0.15, 0.2) is 11.7 Å². The molecule has 1 aliphatic heterocycles. The molecule has 1 aliphatic rings. The van der Waals surface area contributed by atoms with Crippen LogP contribution in [0.4, 0.5) is 13.2 Å². The summed E-state index contributed by atoms with van der Waals surface area (Å²) in [5.74, 6) is 0.758. The number of aromatic nitrogens is 1. The maximum Gasteiger partial charge on any atom is 0.434 e. The molecular formula is C12H18F3IN4S. The first-order valence-corrected chi connectivity index (χ1v) is 7.43. The van der Waals surface area contributed by atoms with Crippen LogP contribution in [0.3, 0.4) is 0 Å². The highest BCUT2D eigenvalue weighted by Crippen LogP contribution is 2.30. The molecule has 1 saturated heterocycles. The van der Waals surface area contributed by atoms with Crippen LogP contribution in [0.25, 0.3) is 0 Å². The maximum absolute atomic E-state index is 12.5. The lowest BCUT2D eigenvalue weighted by Crippen LogP contribution is -2.39. The van der Waals surface area contributed by atoms with Crippen molar-refractivity contribution >= 4 is 41.3 Å². The van der Waals surface area contributed by atoms with Gasteiger partial charge in [0.1, 0.15) is 5.01 Å². The van der Waals surface area contributed by atoms with E-state index in [0.717, 1.165) is 55.2 Å². The number of alkyl halides is 3. The largest absolute Gasteiger partial charge is 0.434 e. The van der Waals surface area contributed by atoms with E-state index in [0.29, 0.717) is 5.01 Å². The molecule has 0 aromatic carbocycles. The van der Waals surface area contributed by atoms with Crippen molar-refractivity contribution in [2.75, 3.05) is 19.6 Å². The van der Waals surface area contributed by atoms with Crippen LogP contribution in [0.1, 0.15) is 30.5 Å². The van der Waals surface area contributed by atoms with E-state index < -0.39 is 11.9 Å². The Kier molecular flexibility index (Phi) is 7.17. The fraction of sp³-hybridized carbons (Fsp3) is 0.667. The second-order valence-electron chi connectivity index (χ2n) is 4.49. The van der Waals surface area contributed by atoms with E-state index in [1.165, 1.54) is 0 Å². The van der Waals surface area contributed by atoms with Gasteiger partial charge in [-0.2, -0.15) is 13.2 Å². The Hall–Kier alpha value is -0.580. The van der Waals surface area contributed by atoms with E-state index in [4.69, 9.17) is 0 Å². The van der Waals surface area contributed by atoms with Gasteiger partial charge in [-0.25, -0.2) is 9.98 Å². The van der Waals surface area contributed by atoms with E-state index in [-0.39, 0.29) is 30.5 Å².